The van der Waals surface area contributed by atoms with E-state index in [-0.39, 0.29) is 22.8 Å². The Balaban J connectivity index is 1.66. The van der Waals surface area contributed by atoms with Crippen LogP contribution in [-0.2, 0) is 4.79 Å². The Morgan fingerprint density at radius 3 is 2.61 bits per heavy atom. The average molecular weight is 451 g/mol. The number of hydrogen-bond acceptors (Lipinski definition) is 6. The summed E-state index contributed by atoms with van der Waals surface area (Å²) in [6, 6.07) is 16.2. The van der Waals surface area contributed by atoms with Crippen LogP contribution in [0.25, 0.3) is 16.6 Å². The van der Waals surface area contributed by atoms with Crippen molar-refractivity contribution < 1.29 is 9.59 Å². The zero-order valence-corrected chi connectivity index (χ0v) is 18.1. The molecule has 0 aliphatic carbocycles. The molecule has 0 saturated carbocycles. The molecule has 0 bridgehead atoms. The van der Waals surface area contributed by atoms with Crippen LogP contribution in [0.1, 0.15) is 15.9 Å². The maximum atomic E-state index is 13.2. The second kappa shape index (κ2) is 8.75. The summed E-state index contributed by atoms with van der Waals surface area (Å²) in [6.45, 7) is 1.97. The Hall–Kier alpha value is -3.43. The van der Waals surface area contributed by atoms with E-state index >= 15 is 0 Å². The molecular formula is C22H18N4O3S2. The van der Waals surface area contributed by atoms with E-state index in [1.54, 1.807) is 29.6 Å². The number of nitrogens with one attached hydrogen (secondary N) is 1. The zero-order valence-electron chi connectivity index (χ0n) is 16.5. The van der Waals surface area contributed by atoms with Crippen molar-refractivity contribution in [3.05, 3.63) is 81.5 Å². The highest BCUT2D eigenvalue weighted by atomic mass is 32.2. The monoisotopic (exact) mass is 450 g/mol. The van der Waals surface area contributed by atoms with Gasteiger partial charge in [0.05, 0.1) is 27.9 Å². The number of carbonyl (C=O) groups is 2. The number of para-hydroxylation sites is 1. The number of nitrogens with zero attached hydrogens (tertiary/aromatic N) is 2. The van der Waals surface area contributed by atoms with Gasteiger partial charge in [-0.1, -0.05) is 41.6 Å². The summed E-state index contributed by atoms with van der Waals surface area (Å²) in [5.74, 6) is -0.923. The number of aromatic nitrogens is 2. The number of anilines is 1. The molecule has 2 heterocycles. The number of rotatable bonds is 6. The number of aryl methyl sites for hydroxylation is 1. The van der Waals surface area contributed by atoms with Crippen molar-refractivity contribution in [2.24, 2.45) is 5.73 Å². The van der Waals surface area contributed by atoms with Gasteiger partial charge in [0.25, 0.3) is 11.5 Å². The summed E-state index contributed by atoms with van der Waals surface area (Å²) < 4.78 is 1.51. The highest BCUT2D eigenvalue weighted by Crippen LogP contribution is 2.25. The lowest BCUT2D eigenvalue weighted by molar-refractivity contribution is -0.113. The average Bonchev–Trinajstić information content (AvgIpc) is 3.22. The lowest BCUT2D eigenvalue weighted by Gasteiger charge is -2.13. The van der Waals surface area contributed by atoms with Gasteiger partial charge in [-0.05, 0) is 42.6 Å². The van der Waals surface area contributed by atoms with E-state index in [0.29, 0.717) is 26.7 Å². The number of amides is 2. The van der Waals surface area contributed by atoms with Gasteiger partial charge >= 0.3 is 0 Å². The second-order valence-electron chi connectivity index (χ2n) is 6.75. The number of thiophene rings is 1. The van der Waals surface area contributed by atoms with Gasteiger partial charge < -0.3 is 11.1 Å². The summed E-state index contributed by atoms with van der Waals surface area (Å²) in [5.41, 5.74) is 7.70. The molecule has 4 rings (SSSR count). The molecule has 0 unspecified atom stereocenters. The minimum atomic E-state index is -0.603. The number of thioether (sulfide) groups is 1. The SMILES string of the molecule is Cc1ccc(-n2c(SCC(=O)Nc3sccc3C(N)=O)nc3ccccc3c2=O)cc1. The largest absolute Gasteiger partial charge is 0.366 e. The lowest BCUT2D eigenvalue weighted by Crippen LogP contribution is -2.23. The normalized spacial score (nSPS) is 10.9. The van der Waals surface area contributed by atoms with Crippen LogP contribution in [0.2, 0.25) is 0 Å². The lowest BCUT2D eigenvalue weighted by atomic mass is 10.2. The number of benzene rings is 2. The van der Waals surface area contributed by atoms with Crippen LogP contribution in [0.4, 0.5) is 5.00 Å². The summed E-state index contributed by atoms with van der Waals surface area (Å²) in [4.78, 5) is 41.8. The number of carbonyl (C=O) groups excluding carboxylic acids is 2. The molecule has 2 aromatic carbocycles. The highest BCUT2D eigenvalue weighted by molar-refractivity contribution is 7.99. The van der Waals surface area contributed by atoms with E-state index < -0.39 is 5.91 Å². The highest BCUT2D eigenvalue weighted by Gasteiger charge is 2.16. The third-order valence-corrected chi connectivity index (χ3v) is 6.32. The van der Waals surface area contributed by atoms with Gasteiger partial charge in [0.15, 0.2) is 5.16 Å². The predicted molar refractivity (Wildman–Crippen MR) is 124 cm³/mol. The maximum absolute atomic E-state index is 13.2. The number of hydrogen-bond donors (Lipinski definition) is 2. The molecule has 0 spiro atoms. The minimum Gasteiger partial charge on any atom is -0.366 e. The number of primary amides is 1. The van der Waals surface area contributed by atoms with E-state index in [2.05, 4.69) is 10.3 Å². The van der Waals surface area contributed by atoms with Crippen molar-refractivity contribution in [3.8, 4) is 5.69 Å². The first kappa shape index (κ1) is 20.8. The molecular weight excluding hydrogens is 432 g/mol. The van der Waals surface area contributed by atoms with Crippen LogP contribution >= 0.6 is 23.1 Å². The Labute approximate surface area is 185 Å². The third-order valence-electron chi connectivity index (χ3n) is 4.55. The first-order chi connectivity index (χ1) is 14.9. The van der Waals surface area contributed by atoms with E-state index in [1.807, 2.05) is 37.3 Å². The Bertz CT molecular complexity index is 1340. The van der Waals surface area contributed by atoms with Gasteiger partial charge in [-0.3, -0.25) is 19.0 Å². The van der Waals surface area contributed by atoms with Crippen molar-refractivity contribution in [2.75, 3.05) is 11.1 Å². The summed E-state index contributed by atoms with van der Waals surface area (Å²) in [5, 5.41) is 5.70. The fraction of sp³-hybridized carbons (Fsp3) is 0.0909. The van der Waals surface area contributed by atoms with Crippen molar-refractivity contribution in [1.29, 1.82) is 0 Å². The Kier molecular flexibility index (Phi) is 5.88. The van der Waals surface area contributed by atoms with Crippen molar-refractivity contribution in [3.63, 3.8) is 0 Å². The molecule has 9 heteroatoms. The molecule has 0 aliphatic heterocycles. The summed E-state index contributed by atoms with van der Waals surface area (Å²) >= 11 is 2.37. The molecule has 0 atom stereocenters. The molecule has 0 fully saturated rings. The topological polar surface area (TPSA) is 107 Å². The quantitative estimate of drug-likeness (QED) is 0.345. The molecule has 4 aromatic rings. The molecule has 7 nitrogen and oxygen atoms in total. The van der Waals surface area contributed by atoms with Crippen LogP contribution in [0.3, 0.4) is 0 Å². The molecule has 156 valence electrons. The van der Waals surface area contributed by atoms with E-state index in [9.17, 15) is 14.4 Å². The molecule has 31 heavy (non-hydrogen) atoms. The first-order valence-electron chi connectivity index (χ1n) is 9.33. The Morgan fingerprint density at radius 1 is 1.13 bits per heavy atom. The second-order valence-corrected chi connectivity index (χ2v) is 8.61. The Morgan fingerprint density at radius 2 is 1.87 bits per heavy atom. The number of fused-ring (bicyclic) bond motifs is 1. The van der Waals surface area contributed by atoms with Crippen LogP contribution in [0, 0.1) is 6.92 Å². The fourth-order valence-corrected chi connectivity index (χ4v) is 4.64. The van der Waals surface area contributed by atoms with E-state index in [1.165, 1.54) is 15.9 Å². The van der Waals surface area contributed by atoms with Crippen LogP contribution < -0.4 is 16.6 Å². The standard InChI is InChI=1S/C22H18N4O3S2/c1-13-6-8-14(9-7-13)26-21(29)15-4-2-3-5-17(15)24-22(26)31-12-18(27)25-20-16(19(23)28)10-11-30-20/h2-11H,12H2,1H3,(H2,23,28)(H,25,27). The maximum Gasteiger partial charge on any atom is 0.266 e. The molecule has 0 radical (unpaired) electrons. The predicted octanol–water partition coefficient (Wildman–Crippen LogP) is 3.59. The molecule has 0 saturated heterocycles. The van der Waals surface area contributed by atoms with Gasteiger partial charge in [-0.15, -0.1) is 11.3 Å². The van der Waals surface area contributed by atoms with Gasteiger partial charge in [0.1, 0.15) is 5.00 Å². The van der Waals surface area contributed by atoms with E-state index in [4.69, 9.17) is 5.73 Å². The van der Waals surface area contributed by atoms with Crippen molar-refractivity contribution in [2.45, 2.75) is 12.1 Å². The number of nitrogens with two attached hydrogens (primary N) is 1. The fourth-order valence-electron chi connectivity index (χ4n) is 3.02. The minimum absolute atomic E-state index is 0.00669. The molecule has 3 N–H and O–H groups in total. The van der Waals surface area contributed by atoms with Crippen LogP contribution in [0.15, 0.2) is 69.9 Å². The molecule has 0 aliphatic rings. The van der Waals surface area contributed by atoms with Crippen molar-refractivity contribution >= 4 is 50.8 Å². The van der Waals surface area contributed by atoms with Crippen LogP contribution in [0.5, 0.6) is 0 Å². The van der Waals surface area contributed by atoms with Gasteiger partial charge in [-0.2, -0.15) is 0 Å². The van der Waals surface area contributed by atoms with Crippen LogP contribution in [-0.4, -0.2) is 27.1 Å². The van der Waals surface area contributed by atoms with Gasteiger partial charge in [0.2, 0.25) is 5.91 Å². The zero-order chi connectivity index (χ0) is 22.0. The molecule has 2 aromatic heterocycles. The van der Waals surface area contributed by atoms with Gasteiger partial charge in [-0.25, -0.2) is 4.98 Å². The first-order valence-corrected chi connectivity index (χ1v) is 11.2. The summed E-state index contributed by atoms with van der Waals surface area (Å²) in [6.07, 6.45) is 0. The summed E-state index contributed by atoms with van der Waals surface area (Å²) in [7, 11) is 0. The van der Waals surface area contributed by atoms with E-state index in [0.717, 1.165) is 17.3 Å². The molecule has 2 amide bonds. The third kappa shape index (κ3) is 4.37. The smallest absolute Gasteiger partial charge is 0.266 e. The van der Waals surface area contributed by atoms with Crippen molar-refractivity contribution in [1.82, 2.24) is 9.55 Å². The van der Waals surface area contributed by atoms with Gasteiger partial charge in [0, 0.05) is 0 Å².